The van der Waals surface area contributed by atoms with E-state index in [1.54, 1.807) is 0 Å². The summed E-state index contributed by atoms with van der Waals surface area (Å²) < 4.78 is 0. The van der Waals surface area contributed by atoms with Crippen molar-refractivity contribution in [1.29, 1.82) is 0 Å². The number of hydrogen-bond donors (Lipinski definition) is 1. The van der Waals surface area contributed by atoms with Gasteiger partial charge in [0.05, 0.1) is 6.10 Å². The molecule has 0 unspecified atom stereocenters. The Morgan fingerprint density at radius 1 is 1.35 bits per heavy atom. The van der Waals surface area contributed by atoms with Gasteiger partial charge in [-0.2, -0.15) is 0 Å². The summed E-state index contributed by atoms with van der Waals surface area (Å²) in [6, 6.07) is 0. The largest absolute Gasteiger partial charge is 0.392 e. The highest BCUT2D eigenvalue weighted by atomic mass is 16.3. The summed E-state index contributed by atoms with van der Waals surface area (Å²) in [6.07, 6.45) is 5.20. The van der Waals surface area contributed by atoms with Gasteiger partial charge in [-0.25, -0.2) is 0 Å². The number of Topliss-reactive ketones (excluding diaryl/α,β-unsaturated/α-hetero) is 1. The minimum atomic E-state index is -0.206. The highest BCUT2D eigenvalue weighted by molar-refractivity contribution is 5.98. The summed E-state index contributed by atoms with van der Waals surface area (Å²) in [5, 5.41) is 10.9. The molecule has 0 aromatic rings. The lowest BCUT2D eigenvalue weighted by molar-refractivity contribution is -0.210. The Labute approximate surface area is 120 Å². The number of aliphatic hydroxyl groups excluding tert-OH is 1. The van der Waals surface area contributed by atoms with Gasteiger partial charge in [-0.1, -0.05) is 6.92 Å². The molecule has 3 heteroatoms. The molecule has 6 rings (SSSR count). The summed E-state index contributed by atoms with van der Waals surface area (Å²) in [5.41, 5.74) is -0.0146. The molecule has 20 heavy (non-hydrogen) atoms. The molecule has 0 amide bonds. The fourth-order valence-electron chi connectivity index (χ4n) is 8.30. The quantitative estimate of drug-likeness (QED) is 0.731. The van der Waals surface area contributed by atoms with E-state index in [-0.39, 0.29) is 28.3 Å². The Kier molecular flexibility index (Phi) is 1.93. The second kappa shape index (κ2) is 3.17. The first-order valence-electron chi connectivity index (χ1n) is 8.41. The smallest absolute Gasteiger partial charge is 0.143 e. The fraction of sp³-hybridized carbons (Fsp3) is 0.941. The molecule has 0 aromatic carbocycles. The van der Waals surface area contributed by atoms with Crippen molar-refractivity contribution < 1.29 is 9.90 Å². The van der Waals surface area contributed by atoms with Gasteiger partial charge in [-0.15, -0.1) is 0 Å². The van der Waals surface area contributed by atoms with Crippen LogP contribution in [0.5, 0.6) is 0 Å². The highest BCUT2D eigenvalue weighted by Crippen LogP contribution is 2.93. The second-order valence-electron chi connectivity index (χ2n) is 8.55. The molecule has 0 radical (unpaired) electrons. The van der Waals surface area contributed by atoms with E-state index >= 15 is 0 Å². The standard InChI is InChI=1S/C17H25NO2/c1-15-9-10-8-12(19)17(15)11-4-7-18(2)6-3-5-16(10,17)14(20)13(11)15/h10-13,19H,3-9H2,1-2H3/t10-,11-,12+,13-,15+,16-,17+/m1/s1. The van der Waals surface area contributed by atoms with Gasteiger partial charge in [-0.3, -0.25) is 4.79 Å². The molecule has 3 nitrogen and oxygen atoms in total. The normalized spacial score (nSPS) is 63.9. The molecule has 5 saturated carbocycles. The fourth-order valence-corrected chi connectivity index (χ4v) is 8.30. The molecule has 0 aromatic heterocycles. The van der Waals surface area contributed by atoms with Crippen molar-refractivity contribution in [3.63, 3.8) is 0 Å². The van der Waals surface area contributed by atoms with Crippen molar-refractivity contribution in [2.75, 3.05) is 20.1 Å². The summed E-state index contributed by atoms with van der Waals surface area (Å²) in [5.74, 6) is 1.81. The predicted octanol–water partition coefficient (Wildman–Crippen LogP) is 1.69. The van der Waals surface area contributed by atoms with Crippen LogP contribution in [0.3, 0.4) is 0 Å². The lowest BCUT2D eigenvalue weighted by atomic mass is 9.40. The van der Waals surface area contributed by atoms with Crippen molar-refractivity contribution in [2.24, 2.45) is 34.0 Å². The van der Waals surface area contributed by atoms with Gasteiger partial charge in [0.25, 0.3) is 0 Å². The number of carbonyl (C=O) groups is 1. The van der Waals surface area contributed by atoms with Gasteiger partial charge in [0, 0.05) is 16.7 Å². The molecule has 110 valence electrons. The van der Waals surface area contributed by atoms with E-state index in [4.69, 9.17) is 0 Å². The second-order valence-corrected chi connectivity index (χ2v) is 8.55. The molecular formula is C17H25NO2. The lowest BCUT2D eigenvalue weighted by Gasteiger charge is -2.63. The maximum absolute atomic E-state index is 13.2. The van der Waals surface area contributed by atoms with Crippen molar-refractivity contribution in [3.8, 4) is 0 Å². The Balaban J connectivity index is 1.72. The molecule has 7 atom stereocenters. The van der Waals surface area contributed by atoms with Crippen LogP contribution in [0.2, 0.25) is 0 Å². The summed E-state index contributed by atoms with van der Waals surface area (Å²) in [6.45, 7) is 4.54. The maximum Gasteiger partial charge on any atom is 0.143 e. The molecule has 5 aliphatic carbocycles. The molecule has 6 bridgehead atoms. The third kappa shape index (κ3) is 0.825. The number of hydrogen-bond acceptors (Lipinski definition) is 3. The average Bonchev–Trinajstić information content (AvgIpc) is 2.90. The number of aliphatic hydroxyl groups is 1. The number of nitrogens with zero attached hydrogens (tertiary/aromatic N) is 1. The summed E-state index contributed by atoms with van der Waals surface area (Å²) >= 11 is 0. The van der Waals surface area contributed by atoms with Gasteiger partial charge in [0.1, 0.15) is 5.78 Å². The van der Waals surface area contributed by atoms with Gasteiger partial charge in [0.2, 0.25) is 0 Å². The zero-order chi connectivity index (χ0) is 13.9. The van der Waals surface area contributed by atoms with Gasteiger partial charge < -0.3 is 10.0 Å². The van der Waals surface area contributed by atoms with Crippen molar-refractivity contribution in [2.45, 2.75) is 45.1 Å². The minimum absolute atomic E-state index is 0.0302. The molecular weight excluding hydrogens is 250 g/mol. The summed E-state index contributed by atoms with van der Waals surface area (Å²) in [4.78, 5) is 15.6. The molecule has 1 heterocycles. The van der Waals surface area contributed by atoms with E-state index in [1.807, 2.05) is 0 Å². The number of rotatable bonds is 0. The zero-order valence-electron chi connectivity index (χ0n) is 12.6. The number of carbonyl (C=O) groups excluding carboxylic acids is 1. The SMILES string of the molecule is CN1CCC[C@@]23C(=O)[C@H]4[C@@H](CC1)[C@@]21[C@@H](O)C[C@@H]3C[C@@]41C. The van der Waals surface area contributed by atoms with Crippen LogP contribution >= 0.6 is 0 Å². The Hall–Kier alpha value is -0.410. The third-order valence-corrected chi connectivity index (χ3v) is 8.41. The third-order valence-electron chi connectivity index (χ3n) is 8.41. The van der Waals surface area contributed by atoms with E-state index in [2.05, 4.69) is 18.9 Å². The minimum Gasteiger partial charge on any atom is -0.392 e. The van der Waals surface area contributed by atoms with E-state index in [0.717, 1.165) is 38.8 Å². The molecule has 1 spiro atoms. The van der Waals surface area contributed by atoms with Crippen LogP contribution in [-0.4, -0.2) is 42.0 Å². The highest BCUT2D eigenvalue weighted by Gasteiger charge is 2.95. The van der Waals surface area contributed by atoms with Crippen molar-refractivity contribution in [1.82, 2.24) is 4.90 Å². The van der Waals surface area contributed by atoms with Gasteiger partial charge in [-0.05, 0) is 69.5 Å². The van der Waals surface area contributed by atoms with E-state index in [0.29, 0.717) is 17.6 Å². The van der Waals surface area contributed by atoms with Crippen molar-refractivity contribution in [3.05, 3.63) is 0 Å². The average molecular weight is 275 g/mol. The van der Waals surface area contributed by atoms with Crippen LogP contribution in [0.4, 0.5) is 0 Å². The Morgan fingerprint density at radius 3 is 2.95 bits per heavy atom. The van der Waals surface area contributed by atoms with Crippen LogP contribution in [0.1, 0.15) is 39.0 Å². The maximum atomic E-state index is 13.2. The zero-order valence-corrected chi connectivity index (χ0v) is 12.6. The molecule has 1 N–H and O–H groups in total. The van der Waals surface area contributed by atoms with E-state index in [1.165, 1.54) is 6.42 Å². The van der Waals surface area contributed by atoms with Crippen LogP contribution in [0.25, 0.3) is 0 Å². The molecule has 6 aliphatic rings. The van der Waals surface area contributed by atoms with Crippen LogP contribution < -0.4 is 0 Å². The first-order chi connectivity index (χ1) is 9.50. The Bertz CT molecular complexity index is 519. The molecule has 6 fully saturated rings. The van der Waals surface area contributed by atoms with Gasteiger partial charge in [0.15, 0.2) is 0 Å². The van der Waals surface area contributed by atoms with Gasteiger partial charge >= 0.3 is 0 Å². The van der Waals surface area contributed by atoms with Crippen LogP contribution in [0, 0.1) is 34.0 Å². The topological polar surface area (TPSA) is 40.5 Å². The first kappa shape index (κ1) is 12.2. The van der Waals surface area contributed by atoms with Crippen molar-refractivity contribution >= 4 is 5.78 Å². The van der Waals surface area contributed by atoms with E-state index < -0.39 is 0 Å². The number of ketones is 1. The lowest BCUT2D eigenvalue weighted by Crippen LogP contribution is -2.64. The van der Waals surface area contributed by atoms with Crippen LogP contribution in [0.15, 0.2) is 0 Å². The van der Waals surface area contributed by atoms with E-state index in [9.17, 15) is 9.90 Å². The molecule has 1 aliphatic heterocycles. The monoisotopic (exact) mass is 275 g/mol. The predicted molar refractivity (Wildman–Crippen MR) is 75.0 cm³/mol. The Morgan fingerprint density at radius 2 is 2.15 bits per heavy atom. The summed E-state index contributed by atoms with van der Waals surface area (Å²) in [7, 11) is 2.20. The molecule has 1 saturated heterocycles. The van der Waals surface area contributed by atoms with Crippen LogP contribution in [-0.2, 0) is 4.79 Å². The first-order valence-corrected chi connectivity index (χ1v) is 8.41.